The van der Waals surface area contributed by atoms with E-state index in [0.29, 0.717) is 0 Å². The molecule has 0 atom stereocenters. The first-order valence-corrected chi connectivity index (χ1v) is 7.07. The molecule has 0 aliphatic heterocycles. The Labute approximate surface area is 115 Å². The maximum absolute atomic E-state index is 4.22. The van der Waals surface area contributed by atoms with E-state index in [1.807, 2.05) is 0 Å². The zero-order chi connectivity index (χ0) is 13.0. The first kappa shape index (κ1) is 13.4. The molecule has 2 rings (SSSR count). The van der Waals surface area contributed by atoms with Crippen molar-refractivity contribution < 1.29 is 0 Å². The second-order valence-corrected chi connectivity index (χ2v) is 5.79. The predicted octanol–water partition coefficient (Wildman–Crippen LogP) is 3.64. The average Bonchev–Trinajstić information content (AvgIpc) is 2.38. The molecule has 0 aliphatic carbocycles. The SMILES string of the molecule is CC(C)(CNCCS)c1ccc2ccccc2c1. The number of benzene rings is 2. The molecule has 0 saturated carbocycles. The van der Waals surface area contributed by atoms with E-state index in [-0.39, 0.29) is 5.41 Å². The highest BCUT2D eigenvalue weighted by molar-refractivity contribution is 7.80. The van der Waals surface area contributed by atoms with Crippen LogP contribution in [0.2, 0.25) is 0 Å². The van der Waals surface area contributed by atoms with Gasteiger partial charge in [0.1, 0.15) is 0 Å². The van der Waals surface area contributed by atoms with Gasteiger partial charge >= 0.3 is 0 Å². The molecule has 0 unspecified atom stereocenters. The van der Waals surface area contributed by atoms with E-state index < -0.39 is 0 Å². The fraction of sp³-hybridized carbons (Fsp3) is 0.375. The molecule has 18 heavy (non-hydrogen) atoms. The second kappa shape index (κ2) is 5.77. The number of nitrogens with one attached hydrogen (secondary N) is 1. The van der Waals surface area contributed by atoms with Crippen LogP contribution in [0.5, 0.6) is 0 Å². The topological polar surface area (TPSA) is 12.0 Å². The summed E-state index contributed by atoms with van der Waals surface area (Å²) in [5.41, 5.74) is 1.53. The van der Waals surface area contributed by atoms with Crippen molar-refractivity contribution in [1.82, 2.24) is 5.32 Å². The lowest BCUT2D eigenvalue weighted by molar-refractivity contribution is 0.479. The standard InChI is InChI=1S/C16H21NS/c1-16(2,12-17-9-10-18)15-8-7-13-5-3-4-6-14(13)11-15/h3-8,11,17-18H,9-10,12H2,1-2H3. The van der Waals surface area contributed by atoms with Crippen molar-refractivity contribution >= 4 is 23.4 Å². The van der Waals surface area contributed by atoms with Crippen LogP contribution in [-0.4, -0.2) is 18.8 Å². The van der Waals surface area contributed by atoms with Gasteiger partial charge in [-0.05, 0) is 16.3 Å². The van der Waals surface area contributed by atoms with Crippen LogP contribution in [0.4, 0.5) is 0 Å². The summed E-state index contributed by atoms with van der Waals surface area (Å²) >= 11 is 4.22. The summed E-state index contributed by atoms with van der Waals surface area (Å²) in [5, 5.41) is 6.07. The molecule has 0 radical (unpaired) electrons. The zero-order valence-corrected chi connectivity index (χ0v) is 12.0. The maximum Gasteiger partial charge on any atom is 0.00435 e. The van der Waals surface area contributed by atoms with Crippen LogP contribution in [-0.2, 0) is 5.41 Å². The van der Waals surface area contributed by atoms with E-state index in [2.05, 4.69) is 74.3 Å². The lowest BCUT2D eigenvalue weighted by Crippen LogP contribution is -2.33. The van der Waals surface area contributed by atoms with Gasteiger partial charge in [-0.15, -0.1) is 0 Å². The summed E-state index contributed by atoms with van der Waals surface area (Å²) in [7, 11) is 0. The van der Waals surface area contributed by atoms with Gasteiger partial charge in [0.05, 0.1) is 0 Å². The summed E-state index contributed by atoms with van der Waals surface area (Å²) in [4.78, 5) is 0. The zero-order valence-electron chi connectivity index (χ0n) is 11.1. The van der Waals surface area contributed by atoms with Crippen LogP contribution in [0.15, 0.2) is 42.5 Å². The van der Waals surface area contributed by atoms with Gasteiger partial charge in [0.25, 0.3) is 0 Å². The summed E-state index contributed by atoms with van der Waals surface area (Å²) in [6.45, 7) is 6.50. The van der Waals surface area contributed by atoms with Gasteiger partial charge in [0, 0.05) is 24.3 Å². The molecule has 2 aromatic rings. The minimum absolute atomic E-state index is 0.146. The Morgan fingerprint density at radius 2 is 1.78 bits per heavy atom. The first-order chi connectivity index (χ1) is 8.63. The van der Waals surface area contributed by atoms with Gasteiger partial charge in [0.15, 0.2) is 0 Å². The van der Waals surface area contributed by atoms with Crippen molar-refractivity contribution in [3.05, 3.63) is 48.0 Å². The van der Waals surface area contributed by atoms with Crippen LogP contribution in [0.25, 0.3) is 10.8 Å². The first-order valence-electron chi connectivity index (χ1n) is 6.44. The Kier molecular flexibility index (Phi) is 4.31. The molecular formula is C16H21NS. The predicted molar refractivity (Wildman–Crippen MR) is 83.7 cm³/mol. The Bertz CT molecular complexity index is 519. The molecule has 96 valence electrons. The largest absolute Gasteiger partial charge is 0.315 e. The van der Waals surface area contributed by atoms with Crippen LogP contribution in [0.1, 0.15) is 19.4 Å². The summed E-state index contributed by atoms with van der Waals surface area (Å²) < 4.78 is 0. The van der Waals surface area contributed by atoms with Crippen LogP contribution < -0.4 is 5.32 Å². The lowest BCUT2D eigenvalue weighted by atomic mass is 9.83. The van der Waals surface area contributed by atoms with E-state index >= 15 is 0 Å². The van der Waals surface area contributed by atoms with E-state index in [0.717, 1.165) is 18.8 Å². The minimum Gasteiger partial charge on any atom is -0.315 e. The number of rotatable bonds is 5. The third-order valence-corrected chi connectivity index (χ3v) is 3.61. The van der Waals surface area contributed by atoms with Gasteiger partial charge in [-0.2, -0.15) is 12.6 Å². The number of hydrogen-bond donors (Lipinski definition) is 2. The quantitative estimate of drug-likeness (QED) is 0.617. The maximum atomic E-state index is 4.22. The summed E-state index contributed by atoms with van der Waals surface area (Å²) in [5.74, 6) is 0.883. The number of hydrogen-bond acceptors (Lipinski definition) is 2. The van der Waals surface area contributed by atoms with Crippen LogP contribution in [0.3, 0.4) is 0 Å². The average molecular weight is 259 g/mol. The van der Waals surface area contributed by atoms with Crippen molar-refractivity contribution in [3.63, 3.8) is 0 Å². The van der Waals surface area contributed by atoms with Gasteiger partial charge in [-0.1, -0.05) is 56.3 Å². The summed E-state index contributed by atoms with van der Waals surface area (Å²) in [6.07, 6.45) is 0. The Balaban J connectivity index is 2.23. The minimum atomic E-state index is 0.146. The molecule has 0 spiro atoms. The molecule has 0 aliphatic rings. The Morgan fingerprint density at radius 1 is 1.06 bits per heavy atom. The third kappa shape index (κ3) is 3.06. The molecule has 0 amide bonds. The molecule has 1 N–H and O–H groups in total. The smallest absolute Gasteiger partial charge is 0.00435 e. The highest BCUT2D eigenvalue weighted by atomic mass is 32.1. The van der Waals surface area contributed by atoms with Gasteiger partial charge < -0.3 is 5.32 Å². The molecule has 0 saturated heterocycles. The molecule has 0 aromatic heterocycles. The van der Waals surface area contributed by atoms with E-state index in [1.54, 1.807) is 0 Å². The van der Waals surface area contributed by atoms with Gasteiger partial charge in [-0.3, -0.25) is 0 Å². The Morgan fingerprint density at radius 3 is 2.50 bits per heavy atom. The molecule has 2 heteroatoms. The molecule has 0 heterocycles. The van der Waals surface area contributed by atoms with Gasteiger partial charge in [-0.25, -0.2) is 0 Å². The number of thiol groups is 1. The van der Waals surface area contributed by atoms with Gasteiger partial charge in [0.2, 0.25) is 0 Å². The van der Waals surface area contributed by atoms with Crippen LogP contribution >= 0.6 is 12.6 Å². The fourth-order valence-electron chi connectivity index (χ4n) is 2.19. The van der Waals surface area contributed by atoms with E-state index in [4.69, 9.17) is 0 Å². The van der Waals surface area contributed by atoms with Crippen molar-refractivity contribution in [1.29, 1.82) is 0 Å². The molecular weight excluding hydrogens is 238 g/mol. The summed E-state index contributed by atoms with van der Waals surface area (Å²) in [6, 6.07) is 15.3. The molecule has 1 nitrogen and oxygen atoms in total. The highest BCUT2D eigenvalue weighted by Crippen LogP contribution is 2.26. The van der Waals surface area contributed by atoms with Crippen molar-refractivity contribution in [3.8, 4) is 0 Å². The van der Waals surface area contributed by atoms with Crippen LogP contribution in [0, 0.1) is 0 Å². The van der Waals surface area contributed by atoms with Crippen molar-refractivity contribution in [2.24, 2.45) is 0 Å². The fourth-order valence-corrected chi connectivity index (χ4v) is 2.35. The number of fused-ring (bicyclic) bond motifs is 1. The lowest BCUT2D eigenvalue weighted by Gasteiger charge is -2.26. The highest BCUT2D eigenvalue weighted by Gasteiger charge is 2.19. The Hall–Kier alpha value is -0.990. The second-order valence-electron chi connectivity index (χ2n) is 5.35. The van der Waals surface area contributed by atoms with Crippen molar-refractivity contribution in [2.75, 3.05) is 18.8 Å². The molecule has 0 fully saturated rings. The van der Waals surface area contributed by atoms with E-state index in [9.17, 15) is 0 Å². The third-order valence-electron chi connectivity index (χ3n) is 3.39. The monoisotopic (exact) mass is 259 g/mol. The normalized spacial score (nSPS) is 11.9. The van der Waals surface area contributed by atoms with Crippen molar-refractivity contribution in [2.45, 2.75) is 19.3 Å². The molecule has 2 aromatic carbocycles. The van der Waals surface area contributed by atoms with E-state index in [1.165, 1.54) is 16.3 Å². The molecule has 0 bridgehead atoms.